The number of amides is 1. The summed E-state index contributed by atoms with van der Waals surface area (Å²) >= 11 is 0. The molecule has 0 spiro atoms. The van der Waals surface area contributed by atoms with E-state index in [9.17, 15) is 13.2 Å². The summed E-state index contributed by atoms with van der Waals surface area (Å²) in [6, 6.07) is 4.20. The van der Waals surface area contributed by atoms with Gasteiger partial charge in [0.1, 0.15) is 0 Å². The summed E-state index contributed by atoms with van der Waals surface area (Å²) in [5, 5.41) is 3.21. The minimum atomic E-state index is -3.51. The number of carbonyl (C=O) groups is 1. The maximum atomic E-state index is 12.8. The zero-order valence-corrected chi connectivity index (χ0v) is 18.2. The van der Waals surface area contributed by atoms with E-state index < -0.39 is 10.0 Å². The van der Waals surface area contributed by atoms with Gasteiger partial charge in [-0.25, -0.2) is 13.1 Å². The Morgan fingerprint density at radius 3 is 2.11 bits per heavy atom. The third kappa shape index (κ3) is 5.15. The van der Waals surface area contributed by atoms with Crippen molar-refractivity contribution in [2.75, 3.05) is 6.54 Å². The van der Waals surface area contributed by atoms with E-state index in [-0.39, 0.29) is 11.8 Å². The van der Waals surface area contributed by atoms with Crippen molar-refractivity contribution in [2.24, 2.45) is 11.8 Å². The monoisotopic (exact) mass is 406 g/mol. The average Bonchev–Trinajstić information content (AvgIpc) is 3.12. The van der Waals surface area contributed by atoms with Crippen LogP contribution in [-0.4, -0.2) is 26.9 Å². The van der Waals surface area contributed by atoms with E-state index >= 15 is 0 Å². The van der Waals surface area contributed by atoms with Gasteiger partial charge >= 0.3 is 0 Å². The molecular weight excluding hydrogens is 372 g/mol. The topological polar surface area (TPSA) is 75.3 Å². The summed E-state index contributed by atoms with van der Waals surface area (Å²) in [5.74, 6) is 0.600. The molecule has 2 saturated carbocycles. The molecule has 1 amide bonds. The molecule has 0 heterocycles. The van der Waals surface area contributed by atoms with Crippen LogP contribution in [-0.2, 0) is 14.8 Å². The fourth-order valence-corrected chi connectivity index (χ4v) is 6.47. The van der Waals surface area contributed by atoms with Gasteiger partial charge in [-0.05, 0) is 76.3 Å². The first-order valence-corrected chi connectivity index (χ1v) is 12.1. The zero-order valence-electron chi connectivity index (χ0n) is 17.4. The minimum absolute atomic E-state index is 0.0926. The van der Waals surface area contributed by atoms with Crippen LogP contribution in [0.25, 0.3) is 0 Å². The maximum absolute atomic E-state index is 12.8. The van der Waals surface area contributed by atoms with Gasteiger partial charge in [0.25, 0.3) is 0 Å². The third-order valence-electron chi connectivity index (χ3n) is 6.35. The van der Waals surface area contributed by atoms with Gasteiger partial charge in [0.05, 0.1) is 4.90 Å². The SMILES string of the molecule is Cc1cc(C)c(S(=O)(=O)NCC2CCC(C(=O)NC3CCCC3)CC2)c(C)c1. The van der Waals surface area contributed by atoms with Gasteiger partial charge in [-0.1, -0.05) is 30.5 Å². The second-order valence-electron chi connectivity index (χ2n) is 8.79. The number of carbonyl (C=O) groups excluding carboxylic acids is 1. The number of nitrogens with one attached hydrogen (secondary N) is 2. The number of hydrogen-bond donors (Lipinski definition) is 2. The quantitative estimate of drug-likeness (QED) is 0.755. The van der Waals surface area contributed by atoms with Crippen molar-refractivity contribution in [3.63, 3.8) is 0 Å². The molecule has 5 nitrogen and oxygen atoms in total. The van der Waals surface area contributed by atoms with Gasteiger partial charge in [-0.3, -0.25) is 4.79 Å². The number of sulfonamides is 1. The van der Waals surface area contributed by atoms with E-state index in [2.05, 4.69) is 10.0 Å². The van der Waals surface area contributed by atoms with E-state index in [0.29, 0.717) is 23.4 Å². The van der Waals surface area contributed by atoms with Crippen LogP contribution in [0.3, 0.4) is 0 Å². The number of benzene rings is 1. The molecule has 156 valence electrons. The molecule has 2 aliphatic rings. The highest BCUT2D eigenvalue weighted by atomic mass is 32.2. The predicted octanol–water partition coefficient (Wildman–Crippen LogP) is 3.76. The Morgan fingerprint density at radius 2 is 1.54 bits per heavy atom. The summed E-state index contributed by atoms with van der Waals surface area (Å²) in [4.78, 5) is 12.8. The Kier molecular flexibility index (Phi) is 6.81. The highest BCUT2D eigenvalue weighted by Crippen LogP contribution is 2.30. The molecule has 0 bridgehead atoms. The predicted molar refractivity (Wildman–Crippen MR) is 112 cm³/mol. The van der Waals surface area contributed by atoms with Gasteiger partial charge < -0.3 is 5.32 Å². The molecule has 0 unspecified atom stereocenters. The van der Waals surface area contributed by atoms with Gasteiger partial charge in [0.15, 0.2) is 0 Å². The molecule has 1 aromatic rings. The van der Waals surface area contributed by atoms with Crippen LogP contribution in [0.1, 0.15) is 68.1 Å². The maximum Gasteiger partial charge on any atom is 0.241 e. The van der Waals surface area contributed by atoms with Gasteiger partial charge in [0.2, 0.25) is 15.9 Å². The van der Waals surface area contributed by atoms with E-state index in [4.69, 9.17) is 0 Å². The first-order valence-electron chi connectivity index (χ1n) is 10.6. The molecular formula is C22H34N2O3S. The summed E-state index contributed by atoms with van der Waals surface area (Å²) < 4.78 is 28.5. The lowest BCUT2D eigenvalue weighted by Gasteiger charge is -2.29. The van der Waals surface area contributed by atoms with Crippen LogP contribution >= 0.6 is 0 Å². The van der Waals surface area contributed by atoms with E-state index in [0.717, 1.165) is 55.2 Å². The first kappa shape index (κ1) is 21.3. The Balaban J connectivity index is 1.50. The third-order valence-corrected chi connectivity index (χ3v) is 8.08. The first-order chi connectivity index (χ1) is 13.3. The lowest BCUT2D eigenvalue weighted by atomic mass is 9.81. The summed E-state index contributed by atoms with van der Waals surface area (Å²) in [5.41, 5.74) is 2.65. The molecule has 2 N–H and O–H groups in total. The largest absolute Gasteiger partial charge is 0.353 e. The zero-order chi connectivity index (χ0) is 20.3. The fraction of sp³-hybridized carbons (Fsp3) is 0.682. The average molecular weight is 407 g/mol. The highest BCUT2D eigenvalue weighted by molar-refractivity contribution is 7.89. The standard InChI is InChI=1S/C22H34N2O3S/c1-15-12-16(2)21(17(3)13-15)28(26,27)23-14-18-8-10-19(11-9-18)22(25)24-20-6-4-5-7-20/h12-13,18-20,23H,4-11,14H2,1-3H3,(H,24,25). The molecule has 0 atom stereocenters. The molecule has 3 rings (SSSR count). The van der Waals surface area contributed by atoms with Crippen molar-refractivity contribution in [3.05, 3.63) is 28.8 Å². The van der Waals surface area contributed by atoms with Gasteiger partial charge in [-0.15, -0.1) is 0 Å². The molecule has 28 heavy (non-hydrogen) atoms. The summed E-state index contributed by atoms with van der Waals surface area (Å²) in [6.45, 7) is 6.13. The molecule has 0 aliphatic heterocycles. The Morgan fingerprint density at radius 1 is 0.964 bits per heavy atom. The molecule has 2 aliphatic carbocycles. The second-order valence-corrected chi connectivity index (χ2v) is 10.5. The highest BCUT2D eigenvalue weighted by Gasteiger charge is 2.29. The fourth-order valence-electron chi connectivity index (χ4n) is 4.91. The molecule has 1 aromatic carbocycles. The molecule has 0 aromatic heterocycles. The van der Waals surface area contributed by atoms with E-state index in [1.165, 1.54) is 12.8 Å². The summed E-state index contributed by atoms with van der Waals surface area (Å²) in [7, 11) is -3.51. The van der Waals surface area contributed by atoms with Crippen molar-refractivity contribution in [2.45, 2.75) is 83.1 Å². The van der Waals surface area contributed by atoms with Crippen molar-refractivity contribution in [1.82, 2.24) is 10.0 Å². The smallest absolute Gasteiger partial charge is 0.241 e. The van der Waals surface area contributed by atoms with Crippen molar-refractivity contribution in [3.8, 4) is 0 Å². The van der Waals surface area contributed by atoms with E-state index in [1.807, 2.05) is 32.9 Å². The van der Waals surface area contributed by atoms with Crippen LogP contribution in [0.15, 0.2) is 17.0 Å². The van der Waals surface area contributed by atoms with Crippen LogP contribution in [0.2, 0.25) is 0 Å². The van der Waals surface area contributed by atoms with Crippen LogP contribution in [0, 0.1) is 32.6 Å². The number of rotatable bonds is 6. The van der Waals surface area contributed by atoms with Crippen LogP contribution < -0.4 is 10.0 Å². The van der Waals surface area contributed by atoms with Gasteiger partial charge in [-0.2, -0.15) is 0 Å². The summed E-state index contributed by atoms with van der Waals surface area (Å²) in [6.07, 6.45) is 8.17. The Bertz CT molecular complexity index is 782. The van der Waals surface area contributed by atoms with Crippen LogP contribution in [0.5, 0.6) is 0 Å². The van der Waals surface area contributed by atoms with Gasteiger partial charge in [0, 0.05) is 18.5 Å². The number of hydrogen-bond acceptors (Lipinski definition) is 3. The van der Waals surface area contributed by atoms with Crippen LogP contribution in [0.4, 0.5) is 0 Å². The Labute approximate surface area is 169 Å². The van der Waals surface area contributed by atoms with Crippen molar-refractivity contribution < 1.29 is 13.2 Å². The lowest BCUT2D eigenvalue weighted by Crippen LogP contribution is -2.39. The minimum Gasteiger partial charge on any atom is -0.353 e. The molecule has 6 heteroatoms. The number of aryl methyl sites for hydroxylation is 3. The second kappa shape index (κ2) is 8.95. The Hall–Kier alpha value is -1.40. The molecule has 0 saturated heterocycles. The van der Waals surface area contributed by atoms with E-state index in [1.54, 1.807) is 0 Å². The normalized spacial score (nSPS) is 23.7. The lowest BCUT2D eigenvalue weighted by molar-refractivity contribution is -0.126. The molecule has 2 fully saturated rings. The van der Waals surface area contributed by atoms with Crippen molar-refractivity contribution >= 4 is 15.9 Å². The molecule has 0 radical (unpaired) electrons. The van der Waals surface area contributed by atoms with Crippen molar-refractivity contribution in [1.29, 1.82) is 0 Å².